The maximum absolute atomic E-state index is 15.1. The van der Waals surface area contributed by atoms with Crippen LogP contribution in [0.5, 0.6) is 17.2 Å². The van der Waals surface area contributed by atoms with Crippen LogP contribution in [-0.4, -0.2) is 35.6 Å². The smallest absolute Gasteiger partial charge is 0.335 e. The summed E-state index contributed by atoms with van der Waals surface area (Å²) < 4.78 is 26.8. The number of aromatic nitrogens is 1. The van der Waals surface area contributed by atoms with Crippen LogP contribution in [0.15, 0.2) is 66.2 Å². The number of thiazole rings is 1. The standard InChI is InChI=1S/C29H26FN3O5S/c1-29(16-26(34)33-28-31-11-12-39-28)22-15-25(24(37-2)13-19(22)9-10-32-29)38-20-7-8-21(23(30)14-20)17-3-5-18(6-4-17)27(35)36/h3-8,11-15,32H,9-10,16H2,1-2H3,(H,35,36)(H,31,33,34). The number of fused-ring (bicyclic) bond motifs is 1. The number of carbonyl (C=O) groups is 2. The van der Waals surface area contributed by atoms with E-state index < -0.39 is 17.3 Å². The van der Waals surface area contributed by atoms with Gasteiger partial charge in [0.15, 0.2) is 16.6 Å². The van der Waals surface area contributed by atoms with Crippen LogP contribution in [-0.2, 0) is 16.8 Å². The van der Waals surface area contributed by atoms with Gasteiger partial charge in [-0.25, -0.2) is 14.2 Å². The van der Waals surface area contributed by atoms with E-state index >= 15 is 4.39 Å². The molecule has 1 unspecified atom stereocenters. The minimum atomic E-state index is -1.05. The van der Waals surface area contributed by atoms with E-state index in [9.17, 15) is 9.59 Å². The van der Waals surface area contributed by atoms with Gasteiger partial charge in [0.05, 0.1) is 12.7 Å². The zero-order chi connectivity index (χ0) is 27.6. The Morgan fingerprint density at radius 3 is 2.62 bits per heavy atom. The molecule has 0 fully saturated rings. The lowest BCUT2D eigenvalue weighted by Gasteiger charge is -2.37. The van der Waals surface area contributed by atoms with Crippen LogP contribution in [0, 0.1) is 5.82 Å². The Kier molecular flexibility index (Phi) is 7.32. The molecule has 200 valence electrons. The average Bonchev–Trinajstić information content (AvgIpc) is 3.42. The maximum Gasteiger partial charge on any atom is 0.335 e. The van der Waals surface area contributed by atoms with Crippen molar-refractivity contribution in [2.75, 3.05) is 19.0 Å². The number of hydrogen-bond acceptors (Lipinski definition) is 7. The Balaban J connectivity index is 1.41. The summed E-state index contributed by atoms with van der Waals surface area (Å²) in [5.41, 5.74) is 2.26. The van der Waals surface area contributed by atoms with Crippen LogP contribution < -0.4 is 20.1 Å². The molecule has 0 saturated heterocycles. The number of nitrogens with zero attached hydrogens (tertiary/aromatic N) is 1. The van der Waals surface area contributed by atoms with Gasteiger partial charge in [0, 0.05) is 41.7 Å². The van der Waals surface area contributed by atoms with Crippen molar-refractivity contribution in [2.24, 2.45) is 0 Å². The first kappa shape index (κ1) is 26.3. The highest BCUT2D eigenvalue weighted by molar-refractivity contribution is 7.13. The van der Waals surface area contributed by atoms with Crippen molar-refractivity contribution in [3.8, 4) is 28.4 Å². The van der Waals surface area contributed by atoms with Gasteiger partial charge in [0.25, 0.3) is 0 Å². The van der Waals surface area contributed by atoms with E-state index in [1.807, 2.05) is 19.1 Å². The summed E-state index contributed by atoms with van der Waals surface area (Å²) in [6.45, 7) is 2.66. The molecule has 0 saturated carbocycles. The molecule has 2 heterocycles. The summed E-state index contributed by atoms with van der Waals surface area (Å²) in [7, 11) is 1.54. The van der Waals surface area contributed by atoms with Crippen LogP contribution in [0.25, 0.3) is 11.1 Å². The molecule has 8 nitrogen and oxygen atoms in total. The fourth-order valence-electron chi connectivity index (χ4n) is 4.77. The molecule has 1 amide bonds. The van der Waals surface area contributed by atoms with Gasteiger partial charge in [-0.3, -0.25) is 4.79 Å². The molecular formula is C29H26FN3O5S. The van der Waals surface area contributed by atoms with Crippen molar-refractivity contribution >= 4 is 28.3 Å². The first-order valence-corrected chi connectivity index (χ1v) is 13.1. The lowest BCUT2D eigenvalue weighted by atomic mass is 9.81. The van der Waals surface area contributed by atoms with E-state index in [1.54, 1.807) is 43.0 Å². The molecule has 1 aliphatic heterocycles. The van der Waals surface area contributed by atoms with Gasteiger partial charge in [-0.2, -0.15) is 0 Å². The Morgan fingerprint density at radius 2 is 1.95 bits per heavy atom. The largest absolute Gasteiger partial charge is 0.493 e. The Bertz CT molecular complexity index is 1520. The molecule has 1 atom stereocenters. The van der Waals surface area contributed by atoms with Gasteiger partial charge < -0.3 is 25.2 Å². The predicted octanol–water partition coefficient (Wildman–Crippen LogP) is 5.84. The van der Waals surface area contributed by atoms with E-state index in [0.717, 1.165) is 17.5 Å². The minimum absolute atomic E-state index is 0.126. The zero-order valence-corrected chi connectivity index (χ0v) is 22.1. The highest BCUT2D eigenvalue weighted by Gasteiger charge is 2.35. The number of carbonyl (C=O) groups excluding carboxylic acids is 1. The number of amides is 1. The molecule has 0 radical (unpaired) electrons. The van der Waals surface area contributed by atoms with Gasteiger partial charge in [0.2, 0.25) is 5.91 Å². The van der Waals surface area contributed by atoms with Crippen molar-refractivity contribution in [1.82, 2.24) is 10.3 Å². The number of ether oxygens (including phenoxy) is 2. The maximum atomic E-state index is 15.1. The lowest BCUT2D eigenvalue weighted by Crippen LogP contribution is -2.47. The number of aromatic carboxylic acids is 1. The summed E-state index contributed by atoms with van der Waals surface area (Å²) in [6.07, 6.45) is 2.56. The number of anilines is 1. The van der Waals surface area contributed by atoms with E-state index in [4.69, 9.17) is 14.6 Å². The van der Waals surface area contributed by atoms with Gasteiger partial charge in [-0.15, -0.1) is 11.3 Å². The third-order valence-electron chi connectivity index (χ3n) is 6.70. The molecule has 39 heavy (non-hydrogen) atoms. The van der Waals surface area contributed by atoms with Crippen LogP contribution >= 0.6 is 11.3 Å². The van der Waals surface area contributed by atoms with Crippen molar-refractivity contribution in [1.29, 1.82) is 0 Å². The fraction of sp³-hybridized carbons (Fsp3) is 0.207. The summed E-state index contributed by atoms with van der Waals surface area (Å²) in [5, 5.41) is 17.7. The third kappa shape index (κ3) is 5.62. The molecular weight excluding hydrogens is 521 g/mol. The minimum Gasteiger partial charge on any atom is -0.493 e. The van der Waals surface area contributed by atoms with Gasteiger partial charge in [0.1, 0.15) is 11.6 Å². The number of benzene rings is 3. The molecule has 0 spiro atoms. The second kappa shape index (κ2) is 10.8. The van der Waals surface area contributed by atoms with Crippen LogP contribution in [0.3, 0.4) is 0 Å². The summed E-state index contributed by atoms with van der Waals surface area (Å²) in [5.74, 6) is -0.568. The average molecular weight is 548 g/mol. The highest BCUT2D eigenvalue weighted by atomic mass is 32.1. The number of rotatable bonds is 8. The van der Waals surface area contributed by atoms with Gasteiger partial charge >= 0.3 is 5.97 Å². The number of carboxylic acids is 1. The topological polar surface area (TPSA) is 110 Å². The Labute approximate surface area is 228 Å². The summed E-state index contributed by atoms with van der Waals surface area (Å²) in [4.78, 5) is 28.0. The van der Waals surface area contributed by atoms with Crippen LogP contribution in [0.1, 0.15) is 34.8 Å². The highest BCUT2D eigenvalue weighted by Crippen LogP contribution is 2.41. The van der Waals surface area contributed by atoms with Crippen molar-refractivity contribution in [3.63, 3.8) is 0 Å². The molecule has 10 heteroatoms. The second-order valence-electron chi connectivity index (χ2n) is 9.36. The van der Waals surface area contributed by atoms with Crippen LogP contribution in [0.4, 0.5) is 9.52 Å². The van der Waals surface area contributed by atoms with Gasteiger partial charge in [-0.05, 0) is 66.4 Å². The predicted molar refractivity (Wildman–Crippen MR) is 146 cm³/mol. The van der Waals surface area contributed by atoms with E-state index in [0.29, 0.717) is 34.3 Å². The molecule has 5 rings (SSSR count). The molecule has 3 aromatic carbocycles. The van der Waals surface area contributed by atoms with Gasteiger partial charge in [-0.1, -0.05) is 12.1 Å². The number of halogens is 1. The molecule has 3 N–H and O–H groups in total. The fourth-order valence-corrected chi connectivity index (χ4v) is 5.32. The van der Waals surface area contributed by atoms with Crippen molar-refractivity contribution in [3.05, 3.63) is 88.7 Å². The normalized spacial score (nSPS) is 16.3. The summed E-state index contributed by atoms with van der Waals surface area (Å²) >= 11 is 1.35. The number of carboxylic acid groups (broad SMARTS) is 1. The Morgan fingerprint density at radius 1 is 1.15 bits per heavy atom. The monoisotopic (exact) mass is 547 g/mol. The van der Waals surface area contributed by atoms with E-state index in [-0.39, 0.29) is 23.6 Å². The molecule has 1 aliphatic rings. The molecule has 4 aromatic rings. The van der Waals surface area contributed by atoms with E-state index in [1.165, 1.54) is 29.5 Å². The van der Waals surface area contributed by atoms with E-state index in [2.05, 4.69) is 15.6 Å². The number of methoxy groups -OCH3 is 1. The third-order valence-corrected chi connectivity index (χ3v) is 7.39. The molecule has 0 aliphatic carbocycles. The number of hydrogen-bond donors (Lipinski definition) is 3. The van der Waals surface area contributed by atoms with Crippen molar-refractivity contribution < 1.29 is 28.6 Å². The first-order valence-electron chi connectivity index (χ1n) is 12.2. The first-order chi connectivity index (χ1) is 18.8. The molecule has 0 bridgehead atoms. The van der Waals surface area contributed by atoms with Crippen molar-refractivity contribution in [2.45, 2.75) is 25.3 Å². The number of nitrogens with one attached hydrogen (secondary N) is 2. The Hall–Kier alpha value is -4.28. The van der Waals surface area contributed by atoms with Crippen LogP contribution in [0.2, 0.25) is 0 Å². The summed E-state index contributed by atoms with van der Waals surface area (Å²) in [6, 6.07) is 14.2. The quantitative estimate of drug-likeness (QED) is 0.254. The zero-order valence-electron chi connectivity index (χ0n) is 21.3. The second-order valence-corrected chi connectivity index (χ2v) is 10.3. The molecule has 1 aromatic heterocycles. The SMILES string of the molecule is COc1cc2c(cc1Oc1ccc(-c3ccc(C(=O)O)cc3)c(F)c1)C(C)(CC(=O)Nc1nccs1)NCC2. The lowest BCUT2D eigenvalue weighted by molar-refractivity contribution is -0.117.